The van der Waals surface area contributed by atoms with Crippen molar-refractivity contribution in [2.75, 3.05) is 0 Å². The average Bonchev–Trinajstić information content (AvgIpc) is 2.71. The monoisotopic (exact) mass is 354 g/mol. The average molecular weight is 354 g/mol. The molecule has 0 N–H and O–H groups in total. The maximum atomic E-state index is 7.50. The van der Waals surface area contributed by atoms with Gasteiger partial charge in [-0.05, 0) is 56.8 Å². The Bertz CT molecular complexity index is 152. The maximum absolute atomic E-state index is 7.50. The summed E-state index contributed by atoms with van der Waals surface area (Å²) < 4.78 is 15.0. The van der Waals surface area contributed by atoms with Gasteiger partial charge in [0, 0.05) is 0 Å². The van der Waals surface area contributed by atoms with E-state index in [0.29, 0.717) is 0 Å². The molecule has 0 bridgehead atoms. The number of hydrogen-bond donors (Lipinski definition) is 0. The molecule has 0 amide bonds. The van der Waals surface area contributed by atoms with Crippen molar-refractivity contribution in [2.24, 2.45) is 0 Å². The third-order valence-electron chi connectivity index (χ3n) is 1.55. The summed E-state index contributed by atoms with van der Waals surface area (Å²) in [6.07, 6.45) is 14.7. The first-order valence-electron chi connectivity index (χ1n) is 3.48. The largest absolute Gasteiger partial charge is 2.00 e. The predicted molar refractivity (Wildman–Crippen MR) is 44.4 cm³/mol. The van der Waals surface area contributed by atoms with Crippen molar-refractivity contribution in [1.82, 2.24) is 0 Å². The molecule has 0 heterocycles. The van der Waals surface area contributed by atoms with E-state index in [1.165, 1.54) is 11.8 Å². The van der Waals surface area contributed by atoms with Gasteiger partial charge in [0.05, 0.1) is 0 Å². The summed E-state index contributed by atoms with van der Waals surface area (Å²) in [7, 11) is 0. The van der Waals surface area contributed by atoms with Crippen LogP contribution < -0.4 is 24.0 Å². The van der Waals surface area contributed by atoms with Gasteiger partial charge in [0.15, 0.2) is 0 Å². The number of halogens is 1. The third-order valence-corrected chi connectivity index (χ3v) is 1.55. The van der Waals surface area contributed by atoms with Crippen LogP contribution in [-0.2, 0) is 26.4 Å². The summed E-state index contributed by atoms with van der Waals surface area (Å²) >= 11 is 0. The molecule has 0 atom stereocenters. The fourth-order valence-corrected chi connectivity index (χ4v) is 1.07. The second kappa shape index (κ2) is 14.7. The van der Waals surface area contributed by atoms with Crippen LogP contribution in [0.5, 0.6) is 0 Å². The van der Waals surface area contributed by atoms with Gasteiger partial charge in [0.1, 0.15) is 0 Å². The number of fused-ring (bicyclic) bond motifs is 1. The van der Waals surface area contributed by atoms with Crippen LogP contribution in [0, 0.1) is 70.1 Å². The molecule has 0 spiro atoms. The zero-order valence-corrected chi connectivity index (χ0v) is 10.9. The Kier molecular flexibility index (Phi) is 20.7. The smallest absolute Gasteiger partial charge is 1.00 e. The minimum absolute atomic E-state index is 0. The van der Waals surface area contributed by atoms with E-state index in [1.807, 2.05) is 0 Å². The van der Waals surface area contributed by atoms with E-state index in [4.69, 9.17) is 9.30 Å². The predicted octanol–water partition coefficient (Wildman–Crippen LogP) is -1.48. The summed E-state index contributed by atoms with van der Waals surface area (Å²) in [6, 6.07) is 0. The molecule has 0 unspecified atom stereocenters. The SMILES string of the molecule is [C-]#[O+].[C-]#[O+].[CH]1[CH][CH][C]2[CH][CH][CH][C]2[CH]1.[Fe+2].[I-]. The van der Waals surface area contributed by atoms with Gasteiger partial charge in [0.25, 0.3) is 0 Å². The van der Waals surface area contributed by atoms with Crippen molar-refractivity contribution in [3.05, 3.63) is 70.1 Å². The van der Waals surface area contributed by atoms with E-state index in [9.17, 15) is 0 Å². The molecule has 2 aliphatic rings. The van der Waals surface area contributed by atoms with Crippen molar-refractivity contribution < 1.29 is 50.3 Å². The van der Waals surface area contributed by atoms with Crippen LogP contribution >= 0.6 is 0 Å². The molecule has 15 heavy (non-hydrogen) atoms. The van der Waals surface area contributed by atoms with Crippen LogP contribution in [-0.4, -0.2) is 0 Å². The van der Waals surface area contributed by atoms with Gasteiger partial charge in [-0.1, -0.05) is 0 Å². The number of rotatable bonds is 0. The van der Waals surface area contributed by atoms with Gasteiger partial charge in [-0.15, -0.1) is 0 Å². The molecule has 0 aliphatic heterocycles. The second-order valence-electron chi connectivity index (χ2n) is 2.15. The molecule has 2 saturated carbocycles. The van der Waals surface area contributed by atoms with Crippen LogP contribution in [0.3, 0.4) is 0 Å². The Morgan fingerprint density at radius 3 is 1.27 bits per heavy atom. The van der Waals surface area contributed by atoms with Crippen LogP contribution in [0.4, 0.5) is 0 Å². The minimum atomic E-state index is 0. The zero-order valence-electron chi connectivity index (χ0n) is 7.59. The van der Waals surface area contributed by atoms with Gasteiger partial charge in [-0.2, -0.15) is 0 Å². The molecule has 2 nitrogen and oxygen atoms in total. The molecular formula is C11H7FeIO2+. The fraction of sp³-hybridized carbons (Fsp3) is 0. The van der Waals surface area contributed by atoms with Crippen LogP contribution in [0.15, 0.2) is 0 Å². The minimum Gasteiger partial charge on any atom is -1.00 e. The summed E-state index contributed by atoms with van der Waals surface area (Å²) in [4.78, 5) is 0. The van der Waals surface area contributed by atoms with E-state index in [1.54, 1.807) is 0 Å². The Labute approximate surface area is 120 Å². The van der Waals surface area contributed by atoms with Gasteiger partial charge >= 0.3 is 39.7 Å². The first kappa shape index (κ1) is 21.1. The quantitative estimate of drug-likeness (QED) is 0.220. The first-order chi connectivity index (χ1) is 6.47. The molecule has 2 rings (SSSR count). The van der Waals surface area contributed by atoms with E-state index in [0.717, 1.165) is 0 Å². The molecule has 0 saturated heterocycles. The van der Waals surface area contributed by atoms with Crippen LogP contribution in [0.1, 0.15) is 0 Å². The maximum Gasteiger partial charge on any atom is 2.00 e. The van der Waals surface area contributed by atoms with Crippen molar-refractivity contribution in [3.63, 3.8) is 0 Å². The van der Waals surface area contributed by atoms with E-state index in [2.05, 4.69) is 58.2 Å². The molecule has 0 aromatic rings. The van der Waals surface area contributed by atoms with Crippen molar-refractivity contribution >= 4 is 0 Å². The summed E-state index contributed by atoms with van der Waals surface area (Å²) in [5.74, 6) is 2.66. The molecule has 0 aromatic heterocycles. The van der Waals surface area contributed by atoms with Crippen molar-refractivity contribution in [3.8, 4) is 0 Å². The van der Waals surface area contributed by atoms with E-state index < -0.39 is 0 Å². The molecule has 9 radical (unpaired) electrons. The summed E-state index contributed by atoms with van der Waals surface area (Å²) in [6.45, 7) is 9.00. The second-order valence-corrected chi connectivity index (χ2v) is 2.15. The standard InChI is InChI=1S/C9H7.2CO.Fe.HI/c1-2-5-9-7-3-6-8(9)4-1;2*1-2;;/h1-7H;;;;1H/q;;;+2;/p-1. The summed E-state index contributed by atoms with van der Waals surface area (Å²) in [5.41, 5.74) is 0. The molecular weight excluding hydrogens is 347 g/mol. The van der Waals surface area contributed by atoms with Crippen LogP contribution in [0.2, 0.25) is 0 Å². The molecule has 2 aliphatic carbocycles. The topological polar surface area (TPSA) is 39.8 Å². The third kappa shape index (κ3) is 7.59. The van der Waals surface area contributed by atoms with Gasteiger partial charge in [0.2, 0.25) is 0 Å². The summed E-state index contributed by atoms with van der Waals surface area (Å²) in [5, 5.41) is 0. The van der Waals surface area contributed by atoms with Gasteiger partial charge in [-0.3, -0.25) is 0 Å². The molecule has 77 valence electrons. The van der Waals surface area contributed by atoms with Crippen molar-refractivity contribution in [1.29, 1.82) is 0 Å². The van der Waals surface area contributed by atoms with Gasteiger partial charge in [-0.25, -0.2) is 0 Å². The van der Waals surface area contributed by atoms with E-state index >= 15 is 0 Å². The number of hydrogen-bond acceptors (Lipinski definition) is 0. The van der Waals surface area contributed by atoms with Crippen molar-refractivity contribution in [2.45, 2.75) is 0 Å². The Morgan fingerprint density at radius 2 is 0.933 bits per heavy atom. The first-order valence-corrected chi connectivity index (χ1v) is 3.48. The van der Waals surface area contributed by atoms with Crippen LogP contribution in [0.25, 0.3) is 0 Å². The normalized spacial score (nSPS) is 18.7. The molecule has 4 heteroatoms. The molecule has 0 aromatic carbocycles. The Hall–Kier alpha value is 0.729. The fourth-order valence-electron chi connectivity index (χ4n) is 1.07. The molecule has 2 fully saturated rings. The van der Waals surface area contributed by atoms with Gasteiger partial charge < -0.3 is 24.0 Å². The Morgan fingerprint density at radius 1 is 0.667 bits per heavy atom. The Balaban J connectivity index is -0.000000218. The van der Waals surface area contributed by atoms with E-state index in [-0.39, 0.29) is 41.0 Å². The zero-order chi connectivity index (χ0) is 10.1.